The van der Waals surface area contributed by atoms with Crippen molar-refractivity contribution < 1.29 is 9.59 Å². The van der Waals surface area contributed by atoms with E-state index in [4.69, 9.17) is 0 Å². The van der Waals surface area contributed by atoms with Crippen molar-refractivity contribution in [2.45, 2.75) is 51.6 Å². The van der Waals surface area contributed by atoms with Crippen LogP contribution < -0.4 is 16.0 Å². The van der Waals surface area contributed by atoms with Gasteiger partial charge in [0.1, 0.15) is 0 Å². The molecule has 2 saturated carbocycles. The third-order valence-electron chi connectivity index (χ3n) is 4.80. The van der Waals surface area contributed by atoms with Gasteiger partial charge in [-0.05, 0) is 50.9 Å². The Labute approximate surface area is 114 Å². The van der Waals surface area contributed by atoms with E-state index < -0.39 is 6.03 Å². The van der Waals surface area contributed by atoms with Crippen LogP contribution in [0.25, 0.3) is 0 Å². The summed E-state index contributed by atoms with van der Waals surface area (Å²) < 4.78 is 0. The van der Waals surface area contributed by atoms with E-state index in [-0.39, 0.29) is 11.9 Å². The zero-order valence-corrected chi connectivity index (χ0v) is 12.0. The van der Waals surface area contributed by atoms with Crippen LogP contribution in [0.1, 0.15) is 39.5 Å². The van der Waals surface area contributed by atoms with Gasteiger partial charge in [-0.2, -0.15) is 0 Å². The van der Waals surface area contributed by atoms with Gasteiger partial charge in [0.05, 0.1) is 6.04 Å². The summed E-state index contributed by atoms with van der Waals surface area (Å²) in [5.74, 6) is 2.17. The SMILES string of the molecule is CNC(=O)NC(=O)C(C)NC(C)C1CC2CCC1C2. The fraction of sp³-hybridized carbons (Fsp3) is 0.857. The first kappa shape index (κ1) is 14.3. The van der Waals surface area contributed by atoms with E-state index in [0.717, 1.165) is 11.8 Å². The van der Waals surface area contributed by atoms with Crippen LogP contribution in [0.5, 0.6) is 0 Å². The van der Waals surface area contributed by atoms with Crippen LogP contribution >= 0.6 is 0 Å². The molecule has 0 aromatic heterocycles. The van der Waals surface area contributed by atoms with Gasteiger partial charge < -0.3 is 10.6 Å². The van der Waals surface area contributed by atoms with Crippen LogP contribution in [0.15, 0.2) is 0 Å². The molecule has 0 aromatic rings. The lowest BCUT2D eigenvalue weighted by molar-refractivity contribution is -0.121. The minimum Gasteiger partial charge on any atom is -0.341 e. The van der Waals surface area contributed by atoms with E-state index in [1.54, 1.807) is 0 Å². The van der Waals surface area contributed by atoms with E-state index >= 15 is 0 Å². The van der Waals surface area contributed by atoms with Crippen LogP contribution in [0, 0.1) is 17.8 Å². The fourth-order valence-electron chi connectivity index (χ4n) is 3.78. The molecule has 5 nitrogen and oxygen atoms in total. The highest BCUT2D eigenvalue weighted by molar-refractivity contribution is 5.96. The number of imide groups is 1. The summed E-state index contributed by atoms with van der Waals surface area (Å²) in [4.78, 5) is 22.9. The normalized spacial score (nSPS) is 31.8. The second kappa shape index (κ2) is 5.90. The summed E-state index contributed by atoms with van der Waals surface area (Å²) in [7, 11) is 1.50. The number of nitrogens with one attached hydrogen (secondary N) is 3. The number of hydrogen-bond donors (Lipinski definition) is 3. The molecule has 5 unspecified atom stereocenters. The summed E-state index contributed by atoms with van der Waals surface area (Å²) in [6, 6.07) is -0.460. The number of rotatable bonds is 4. The molecule has 0 saturated heterocycles. The molecule has 2 fully saturated rings. The number of amides is 3. The molecule has 0 aromatic carbocycles. The topological polar surface area (TPSA) is 70.2 Å². The molecule has 2 rings (SSSR count). The maximum absolute atomic E-state index is 11.8. The predicted octanol–water partition coefficient (Wildman–Crippen LogP) is 1.24. The highest BCUT2D eigenvalue weighted by atomic mass is 16.2. The molecule has 0 heterocycles. The fourth-order valence-corrected chi connectivity index (χ4v) is 3.78. The molecule has 0 aliphatic heterocycles. The predicted molar refractivity (Wildman–Crippen MR) is 73.6 cm³/mol. The molecule has 0 radical (unpaired) electrons. The van der Waals surface area contributed by atoms with Gasteiger partial charge in [0.15, 0.2) is 0 Å². The second-order valence-electron chi connectivity index (χ2n) is 6.08. The summed E-state index contributed by atoms with van der Waals surface area (Å²) >= 11 is 0. The van der Waals surface area contributed by atoms with Crippen molar-refractivity contribution in [1.29, 1.82) is 0 Å². The molecule has 0 spiro atoms. The monoisotopic (exact) mass is 267 g/mol. The Morgan fingerprint density at radius 2 is 1.89 bits per heavy atom. The van der Waals surface area contributed by atoms with E-state index in [2.05, 4.69) is 22.9 Å². The van der Waals surface area contributed by atoms with Crippen molar-refractivity contribution in [2.75, 3.05) is 7.05 Å². The molecule has 2 aliphatic carbocycles. The molecule has 3 amide bonds. The van der Waals surface area contributed by atoms with Gasteiger partial charge >= 0.3 is 6.03 Å². The van der Waals surface area contributed by atoms with Crippen LogP contribution in [0.3, 0.4) is 0 Å². The highest BCUT2D eigenvalue weighted by Gasteiger charge is 2.42. The number of carbonyl (C=O) groups excluding carboxylic acids is 2. The Hall–Kier alpha value is -1.10. The van der Waals surface area contributed by atoms with Crippen LogP contribution in [0.4, 0.5) is 4.79 Å². The zero-order valence-electron chi connectivity index (χ0n) is 12.0. The van der Waals surface area contributed by atoms with Gasteiger partial charge in [-0.15, -0.1) is 0 Å². The molecule has 2 aliphatic rings. The van der Waals surface area contributed by atoms with Gasteiger partial charge in [-0.25, -0.2) is 4.79 Å². The van der Waals surface area contributed by atoms with Crippen molar-refractivity contribution in [3.8, 4) is 0 Å². The lowest BCUT2D eigenvalue weighted by Crippen LogP contribution is -2.51. The summed E-state index contributed by atoms with van der Waals surface area (Å²) in [5.41, 5.74) is 0. The highest BCUT2D eigenvalue weighted by Crippen LogP contribution is 2.49. The largest absolute Gasteiger partial charge is 0.341 e. The number of carbonyl (C=O) groups is 2. The van der Waals surface area contributed by atoms with Crippen LogP contribution in [-0.4, -0.2) is 31.1 Å². The zero-order chi connectivity index (χ0) is 14.0. The van der Waals surface area contributed by atoms with Crippen molar-refractivity contribution in [3.63, 3.8) is 0 Å². The van der Waals surface area contributed by atoms with Crippen LogP contribution in [-0.2, 0) is 4.79 Å². The van der Waals surface area contributed by atoms with Crippen LogP contribution in [0.2, 0.25) is 0 Å². The Balaban J connectivity index is 1.80. The molecule has 5 atom stereocenters. The Morgan fingerprint density at radius 3 is 2.42 bits per heavy atom. The third kappa shape index (κ3) is 3.26. The maximum Gasteiger partial charge on any atom is 0.321 e. The van der Waals surface area contributed by atoms with E-state index in [1.165, 1.54) is 32.7 Å². The minimum absolute atomic E-state index is 0.269. The first-order valence-corrected chi connectivity index (χ1v) is 7.30. The van der Waals surface area contributed by atoms with Crippen molar-refractivity contribution >= 4 is 11.9 Å². The standard InChI is InChI=1S/C14H25N3O2/c1-8(12-7-10-4-5-11(12)6-10)16-9(2)13(18)17-14(19)15-3/h8-12,16H,4-7H2,1-3H3,(H2,15,17,18,19). The second-order valence-corrected chi connectivity index (χ2v) is 6.08. The van der Waals surface area contributed by atoms with E-state index in [0.29, 0.717) is 12.0 Å². The Morgan fingerprint density at radius 1 is 1.16 bits per heavy atom. The van der Waals surface area contributed by atoms with Gasteiger partial charge in [0, 0.05) is 13.1 Å². The molecule has 5 heteroatoms. The average molecular weight is 267 g/mol. The Bertz CT molecular complexity index is 359. The summed E-state index contributed by atoms with van der Waals surface area (Å²) in [6.07, 6.45) is 5.40. The summed E-state index contributed by atoms with van der Waals surface area (Å²) in [6.45, 7) is 3.97. The molecule has 108 valence electrons. The van der Waals surface area contributed by atoms with Gasteiger partial charge in [-0.3, -0.25) is 10.1 Å². The van der Waals surface area contributed by atoms with Crippen molar-refractivity contribution in [3.05, 3.63) is 0 Å². The lowest BCUT2D eigenvalue weighted by Gasteiger charge is -2.30. The third-order valence-corrected chi connectivity index (χ3v) is 4.80. The summed E-state index contributed by atoms with van der Waals surface area (Å²) in [5, 5.41) is 8.03. The molecule has 2 bridgehead atoms. The number of fused-ring (bicyclic) bond motifs is 2. The first-order valence-electron chi connectivity index (χ1n) is 7.30. The maximum atomic E-state index is 11.8. The number of hydrogen-bond acceptors (Lipinski definition) is 3. The molecule has 3 N–H and O–H groups in total. The van der Waals surface area contributed by atoms with Gasteiger partial charge in [0.25, 0.3) is 0 Å². The minimum atomic E-state index is -0.453. The number of urea groups is 1. The Kier molecular flexibility index (Phi) is 4.45. The van der Waals surface area contributed by atoms with Crippen molar-refractivity contribution in [2.24, 2.45) is 17.8 Å². The van der Waals surface area contributed by atoms with Gasteiger partial charge in [-0.1, -0.05) is 6.42 Å². The smallest absolute Gasteiger partial charge is 0.321 e. The van der Waals surface area contributed by atoms with E-state index in [9.17, 15) is 9.59 Å². The molecule has 19 heavy (non-hydrogen) atoms. The molecular formula is C14H25N3O2. The first-order chi connectivity index (χ1) is 9.01. The quantitative estimate of drug-likeness (QED) is 0.718. The van der Waals surface area contributed by atoms with E-state index in [1.807, 2.05) is 6.92 Å². The molecular weight excluding hydrogens is 242 g/mol. The lowest BCUT2D eigenvalue weighted by atomic mass is 9.84. The van der Waals surface area contributed by atoms with Gasteiger partial charge in [0.2, 0.25) is 5.91 Å². The average Bonchev–Trinajstić information content (AvgIpc) is 3.00. The van der Waals surface area contributed by atoms with Crippen molar-refractivity contribution in [1.82, 2.24) is 16.0 Å².